The zero-order chi connectivity index (χ0) is 13.1. The Kier molecular flexibility index (Phi) is 4.22. The highest BCUT2D eigenvalue weighted by atomic mass is 33.1. The zero-order valence-electron chi connectivity index (χ0n) is 9.81. The molecule has 0 saturated carbocycles. The number of rotatable bonds is 5. The molecule has 2 aromatic heterocycles. The fraction of sp³-hybridized carbons (Fsp3) is 0.500. The number of nitrogens with zero attached hydrogens (tertiary/aromatic N) is 6. The Morgan fingerprint density at radius 2 is 1.22 bits per heavy atom. The van der Waals surface area contributed by atoms with Crippen molar-refractivity contribution in [3.63, 3.8) is 0 Å². The summed E-state index contributed by atoms with van der Waals surface area (Å²) in [7, 11) is 6.29. The molecular weight excluding hydrogens is 276 g/mol. The van der Waals surface area contributed by atoms with E-state index in [4.69, 9.17) is 10.2 Å². The van der Waals surface area contributed by atoms with Crippen molar-refractivity contribution >= 4 is 21.6 Å². The predicted molar refractivity (Wildman–Crippen MR) is 65.6 cm³/mol. The summed E-state index contributed by atoms with van der Waals surface area (Å²) in [4.78, 5) is 0. The van der Waals surface area contributed by atoms with Gasteiger partial charge in [0, 0.05) is 14.1 Å². The first-order chi connectivity index (χ1) is 8.67. The van der Waals surface area contributed by atoms with Crippen molar-refractivity contribution in [1.29, 1.82) is 0 Å². The molecule has 2 rings (SSSR count). The molecule has 2 aromatic rings. The van der Waals surface area contributed by atoms with Gasteiger partial charge < -0.3 is 19.3 Å². The largest absolute Gasteiger partial charge is 0.388 e. The van der Waals surface area contributed by atoms with E-state index in [0.717, 1.165) is 0 Å². The average Bonchev–Trinajstić information content (AvgIpc) is 2.90. The van der Waals surface area contributed by atoms with E-state index < -0.39 is 0 Å². The Morgan fingerprint density at radius 3 is 1.50 bits per heavy atom. The van der Waals surface area contributed by atoms with Gasteiger partial charge in [0.2, 0.25) is 10.3 Å². The van der Waals surface area contributed by atoms with Crippen LogP contribution in [0.15, 0.2) is 10.3 Å². The Morgan fingerprint density at radius 1 is 0.833 bits per heavy atom. The van der Waals surface area contributed by atoms with Crippen molar-refractivity contribution < 1.29 is 10.2 Å². The summed E-state index contributed by atoms with van der Waals surface area (Å²) in [5.74, 6) is 1.01. The van der Waals surface area contributed by atoms with Gasteiger partial charge in [0.1, 0.15) is 13.2 Å². The van der Waals surface area contributed by atoms with Gasteiger partial charge in [-0.3, -0.25) is 0 Å². The summed E-state index contributed by atoms with van der Waals surface area (Å²) in [5.41, 5.74) is 0. The normalized spacial score (nSPS) is 11.1. The van der Waals surface area contributed by atoms with Crippen molar-refractivity contribution in [3.05, 3.63) is 11.6 Å². The van der Waals surface area contributed by atoms with Crippen LogP contribution in [-0.4, -0.2) is 39.7 Å². The maximum Gasteiger partial charge on any atom is 0.202 e. The minimum atomic E-state index is -0.145. The van der Waals surface area contributed by atoms with Gasteiger partial charge in [-0.15, -0.1) is 20.4 Å². The molecule has 10 heteroatoms. The van der Waals surface area contributed by atoms with Gasteiger partial charge >= 0.3 is 0 Å². The highest BCUT2D eigenvalue weighted by molar-refractivity contribution is 8.76. The SMILES string of the molecule is Cn1c(CO)nnc1SSc1nnc(CO)n1C. The molecule has 2 N–H and O–H groups in total. The summed E-state index contributed by atoms with van der Waals surface area (Å²) in [6.07, 6.45) is 0. The van der Waals surface area contributed by atoms with Crippen molar-refractivity contribution in [3.8, 4) is 0 Å². The van der Waals surface area contributed by atoms with E-state index in [2.05, 4.69) is 20.4 Å². The molecule has 0 bridgehead atoms. The quantitative estimate of drug-likeness (QED) is 0.725. The smallest absolute Gasteiger partial charge is 0.202 e. The third-order valence-corrected chi connectivity index (χ3v) is 4.56. The second kappa shape index (κ2) is 5.69. The Bertz CT molecular complexity index is 491. The van der Waals surface area contributed by atoms with Gasteiger partial charge in [-0.1, -0.05) is 0 Å². The number of hydrogen-bond donors (Lipinski definition) is 2. The molecule has 2 heterocycles. The fourth-order valence-electron chi connectivity index (χ4n) is 1.19. The van der Waals surface area contributed by atoms with Gasteiger partial charge in [-0.25, -0.2) is 0 Å². The van der Waals surface area contributed by atoms with E-state index in [1.54, 1.807) is 23.2 Å². The molecule has 0 spiro atoms. The first-order valence-electron chi connectivity index (χ1n) is 5.00. The summed E-state index contributed by atoms with van der Waals surface area (Å²) in [5, 5.41) is 34.9. The van der Waals surface area contributed by atoms with E-state index >= 15 is 0 Å². The van der Waals surface area contributed by atoms with Crippen LogP contribution in [0.3, 0.4) is 0 Å². The molecule has 98 valence electrons. The highest BCUT2D eigenvalue weighted by Crippen LogP contribution is 2.34. The molecule has 0 unspecified atom stereocenters. The van der Waals surface area contributed by atoms with Crippen LogP contribution in [0.5, 0.6) is 0 Å². The van der Waals surface area contributed by atoms with Crippen LogP contribution in [0.1, 0.15) is 11.6 Å². The van der Waals surface area contributed by atoms with E-state index in [1.165, 1.54) is 21.6 Å². The summed E-state index contributed by atoms with van der Waals surface area (Å²) >= 11 is 0. The lowest BCUT2D eigenvalue weighted by Gasteiger charge is -2.02. The molecule has 0 aromatic carbocycles. The maximum atomic E-state index is 9.00. The molecular formula is C8H12N6O2S2. The molecule has 0 radical (unpaired) electrons. The number of aliphatic hydroxyl groups is 2. The van der Waals surface area contributed by atoms with Crippen LogP contribution in [0.2, 0.25) is 0 Å². The summed E-state index contributed by atoms with van der Waals surface area (Å²) in [6, 6.07) is 0. The van der Waals surface area contributed by atoms with Crippen molar-refractivity contribution in [2.75, 3.05) is 0 Å². The second-order valence-corrected chi connectivity index (χ2v) is 5.46. The van der Waals surface area contributed by atoms with E-state index in [1.807, 2.05) is 0 Å². The number of aromatic nitrogens is 6. The lowest BCUT2D eigenvalue weighted by molar-refractivity contribution is 0.266. The van der Waals surface area contributed by atoms with E-state index in [0.29, 0.717) is 22.0 Å². The minimum Gasteiger partial charge on any atom is -0.388 e. The molecule has 0 aliphatic heterocycles. The minimum absolute atomic E-state index is 0.145. The van der Waals surface area contributed by atoms with Gasteiger partial charge in [0.25, 0.3) is 0 Å². The van der Waals surface area contributed by atoms with Gasteiger partial charge in [0.15, 0.2) is 11.6 Å². The Labute approximate surface area is 111 Å². The van der Waals surface area contributed by atoms with E-state index in [-0.39, 0.29) is 13.2 Å². The van der Waals surface area contributed by atoms with Crippen LogP contribution in [-0.2, 0) is 27.3 Å². The lowest BCUT2D eigenvalue weighted by Crippen LogP contribution is -1.99. The predicted octanol–water partition coefficient (Wildman–Crippen LogP) is -0.272. The maximum absolute atomic E-state index is 9.00. The standard InChI is InChI=1S/C8H12N6O2S2/c1-13-5(3-15)9-11-7(13)17-18-8-12-10-6(4-16)14(8)2/h15-16H,3-4H2,1-2H3. The van der Waals surface area contributed by atoms with Crippen LogP contribution >= 0.6 is 21.6 Å². The molecule has 0 aliphatic carbocycles. The molecule has 0 aliphatic rings. The zero-order valence-corrected chi connectivity index (χ0v) is 11.4. The van der Waals surface area contributed by atoms with Crippen LogP contribution < -0.4 is 0 Å². The molecule has 0 saturated heterocycles. The monoisotopic (exact) mass is 288 g/mol. The van der Waals surface area contributed by atoms with Crippen LogP contribution in [0.25, 0.3) is 0 Å². The molecule has 0 fully saturated rings. The van der Waals surface area contributed by atoms with Crippen LogP contribution in [0.4, 0.5) is 0 Å². The lowest BCUT2D eigenvalue weighted by atomic mass is 10.6. The van der Waals surface area contributed by atoms with Gasteiger partial charge in [-0.2, -0.15) is 0 Å². The third kappa shape index (κ3) is 2.51. The first kappa shape index (κ1) is 13.3. The van der Waals surface area contributed by atoms with Crippen molar-refractivity contribution in [2.24, 2.45) is 14.1 Å². The molecule has 18 heavy (non-hydrogen) atoms. The fourth-order valence-corrected chi connectivity index (χ4v) is 3.23. The first-order valence-corrected chi connectivity index (χ1v) is 7.15. The van der Waals surface area contributed by atoms with E-state index in [9.17, 15) is 0 Å². The molecule has 0 amide bonds. The third-order valence-electron chi connectivity index (χ3n) is 2.32. The number of aliphatic hydroxyl groups excluding tert-OH is 2. The van der Waals surface area contributed by atoms with Gasteiger partial charge in [-0.05, 0) is 21.6 Å². The van der Waals surface area contributed by atoms with Crippen molar-refractivity contribution in [2.45, 2.75) is 23.5 Å². The van der Waals surface area contributed by atoms with Gasteiger partial charge in [0.05, 0.1) is 0 Å². The van der Waals surface area contributed by atoms with Crippen LogP contribution in [0, 0.1) is 0 Å². The van der Waals surface area contributed by atoms with Crippen molar-refractivity contribution in [1.82, 2.24) is 29.5 Å². The Hall–Kier alpha value is -1.10. The Balaban J connectivity index is 2.06. The highest BCUT2D eigenvalue weighted by Gasteiger charge is 2.13. The number of hydrogen-bond acceptors (Lipinski definition) is 8. The summed E-state index contributed by atoms with van der Waals surface area (Å²) in [6.45, 7) is -0.291. The topological polar surface area (TPSA) is 102 Å². The second-order valence-electron chi connectivity index (χ2n) is 3.40. The molecule has 0 atom stereocenters. The summed E-state index contributed by atoms with van der Waals surface area (Å²) < 4.78 is 3.42. The molecule has 8 nitrogen and oxygen atoms in total. The average molecular weight is 288 g/mol.